The maximum atomic E-state index is 11.6. The van der Waals surface area contributed by atoms with Crippen molar-refractivity contribution in [2.24, 2.45) is 10.7 Å². The van der Waals surface area contributed by atoms with Gasteiger partial charge in [0.1, 0.15) is 0 Å². The molecule has 1 amide bonds. The Balaban J connectivity index is 2.18. The second-order valence-electron chi connectivity index (χ2n) is 3.96. The first-order chi connectivity index (χ1) is 7.24. The van der Waals surface area contributed by atoms with E-state index in [9.17, 15) is 4.79 Å². The largest absolute Gasteiger partial charge is 0.387 e. The van der Waals surface area contributed by atoms with E-state index in [4.69, 9.17) is 5.73 Å². The van der Waals surface area contributed by atoms with Crippen molar-refractivity contribution in [3.8, 4) is 0 Å². The normalized spacial score (nSPS) is 17.1. The Labute approximate surface area is 91.5 Å². The molecule has 1 rings (SSSR count). The predicted molar refractivity (Wildman–Crippen MR) is 61.8 cm³/mol. The van der Waals surface area contributed by atoms with Gasteiger partial charge in [0.15, 0.2) is 0 Å². The van der Waals surface area contributed by atoms with Crippen molar-refractivity contribution in [2.75, 3.05) is 19.6 Å². The minimum atomic E-state index is 0.223. The molecule has 86 valence electrons. The first-order valence-electron chi connectivity index (χ1n) is 5.80. The van der Waals surface area contributed by atoms with Crippen LogP contribution in [0.15, 0.2) is 4.99 Å². The molecule has 4 nitrogen and oxygen atoms in total. The van der Waals surface area contributed by atoms with E-state index in [1.54, 1.807) is 0 Å². The van der Waals surface area contributed by atoms with Crippen LogP contribution in [-0.4, -0.2) is 36.3 Å². The molecule has 1 fully saturated rings. The Bertz CT molecular complexity index is 232. The summed E-state index contributed by atoms with van der Waals surface area (Å²) in [6.45, 7) is 4.46. The average molecular weight is 211 g/mol. The summed E-state index contributed by atoms with van der Waals surface area (Å²) in [4.78, 5) is 17.7. The summed E-state index contributed by atoms with van der Waals surface area (Å²) >= 11 is 0. The Kier molecular flexibility index (Phi) is 5.15. The molecule has 2 N–H and O–H groups in total. The third-order valence-corrected chi connectivity index (χ3v) is 2.61. The molecule has 1 saturated heterocycles. The molecule has 0 aromatic rings. The number of amidine groups is 1. The van der Waals surface area contributed by atoms with Gasteiger partial charge in [-0.1, -0.05) is 6.92 Å². The number of rotatable bonds is 5. The molecule has 0 atom stereocenters. The van der Waals surface area contributed by atoms with Crippen LogP contribution >= 0.6 is 0 Å². The fourth-order valence-electron chi connectivity index (χ4n) is 1.75. The molecule has 0 aliphatic carbocycles. The van der Waals surface area contributed by atoms with Gasteiger partial charge >= 0.3 is 0 Å². The van der Waals surface area contributed by atoms with Gasteiger partial charge in [-0.15, -0.1) is 0 Å². The maximum Gasteiger partial charge on any atom is 0.224 e. The van der Waals surface area contributed by atoms with Gasteiger partial charge in [-0.2, -0.15) is 0 Å². The van der Waals surface area contributed by atoms with Gasteiger partial charge in [0.2, 0.25) is 5.91 Å². The van der Waals surface area contributed by atoms with Gasteiger partial charge in [0.25, 0.3) is 0 Å². The summed E-state index contributed by atoms with van der Waals surface area (Å²) < 4.78 is 0. The van der Waals surface area contributed by atoms with E-state index < -0.39 is 0 Å². The third-order valence-electron chi connectivity index (χ3n) is 2.61. The molecule has 0 aromatic heterocycles. The number of nitrogens with two attached hydrogens (primary N) is 1. The molecule has 1 aliphatic heterocycles. The van der Waals surface area contributed by atoms with Crippen molar-refractivity contribution in [3.63, 3.8) is 0 Å². The Morgan fingerprint density at radius 2 is 2.00 bits per heavy atom. The topological polar surface area (TPSA) is 58.7 Å². The molecular weight excluding hydrogens is 190 g/mol. The summed E-state index contributed by atoms with van der Waals surface area (Å²) in [5.74, 6) is 0.896. The van der Waals surface area contributed by atoms with E-state index >= 15 is 0 Å². The van der Waals surface area contributed by atoms with Crippen molar-refractivity contribution in [1.82, 2.24) is 4.90 Å². The highest BCUT2D eigenvalue weighted by Crippen LogP contribution is 2.08. The molecule has 0 bridgehead atoms. The van der Waals surface area contributed by atoms with Gasteiger partial charge < -0.3 is 10.6 Å². The summed E-state index contributed by atoms with van der Waals surface area (Å²) in [6.07, 6.45) is 4.64. The zero-order chi connectivity index (χ0) is 11.1. The molecule has 4 heteroatoms. The minimum Gasteiger partial charge on any atom is -0.387 e. The highest BCUT2D eigenvalue weighted by atomic mass is 16.2. The Morgan fingerprint density at radius 1 is 1.33 bits per heavy atom. The zero-order valence-corrected chi connectivity index (χ0v) is 9.54. The summed E-state index contributed by atoms with van der Waals surface area (Å²) in [7, 11) is 0. The fraction of sp³-hybridized carbons (Fsp3) is 0.818. The average Bonchev–Trinajstić information content (AvgIpc) is 2.70. The number of hydrogen-bond donors (Lipinski definition) is 1. The van der Waals surface area contributed by atoms with E-state index in [0.717, 1.165) is 38.8 Å². The first-order valence-corrected chi connectivity index (χ1v) is 5.80. The quantitative estimate of drug-likeness (QED) is 0.548. The molecule has 0 spiro atoms. The van der Waals surface area contributed by atoms with Crippen molar-refractivity contribution < 1.29 is 4.79 Å². The van der Waals surface area contributed by atoms with Crippen LogP contribution in [0.4, 0.5) is 0 Å². The van der Waals surface area contributed by atoms with Gasteiger partial charge in [-0.05, 0) is 19.3 Å². The van der Waals surface area contributed by atoms with Gasteiger partial charge in [0, 0.05) is 32.5 Å². The lowest BCUT2D eigenvalue weighted by Crippen LogP contribution is -2.28. The van der Waals surface area contributed by atoms with Crippen LogP contribution in [0.2, 0.25) is 0 Å². The van der Waals surface area contributed by atoms with Gasteiger partial charge in [-0.3, -0.25) is 9.79 Å². The molecule has 1 aliphatic rings. The monoisotopic (exact) mass is 211 g/mol. The lowest BCUT2D eigenvalue weighted by atomic mass is 10.3. The molecule has 15 heavy (non-hydrogen) atoms. The number of amides is 1. The van der Waals surface area contributed by atoms with E-state index in [1.807, 2.05) is 4.90 Å². The van der Waals surface area contributed by atoms with E-state index in [1.165, 1.54) is 0 Å². The minimum absolute atomic E-state index is 0.223. The number of carbonyl (C=O) groups is 1. The van der Waals surface area contributed by atoms with E-state index in [2.05, 4.69) is 11.9 Å². The van der Waals surface area contributed by atoms with Gasteiger partial charge in [-0.25, -0.2) is 0 Å². The van der Waals surface area contributed by atoms with Crippen LogP contribution in [0, 0.1) is 0 Å². The molecule has 0 unspecified atom stereocenters. The number of aliphatic imine (C=N–C) groups is 1. The number of likely N-dealkylation sites (tertiary alicyclic amines) is 1. The number of nitrogens with zero attached hydrogens (tertiary/aromatic N) is 2. The summed E-state index contributed by atoms with van der Waals surface area (Å²) in [6, 6.07) is 0. The van der Waals surface area contributed by atoms with Crippen LogP contribution in [0.1, 0.15) is 39.0 Å². The third kappa shape index (κ3) is 4.32. The molecule has 0 saturated carbocycles. The van der Waals surface area contributed by atoms with Crippen molar-refractivity contribution in [3.05, 3.63) is 0 Å². The second-order valence-corrected chi connectivity index (χ2v) is 3.96. The standard InChI is InChI=1S/C11H21N3O/c1-2-5-10(12)13-7-6-11(15)14-8-3-4-9-14/h2-9H2,1H3,(H2,12,13). The zero-order valence-electron chi connectivity index (χ0n) is 9.54. The van der Waals surface area contributed by atoms with Crippen LogP contribution in [0.25, 0.3) is 0 Å². The molecule has 1 heterocycles. The van der Waals surface area contributed by atoms with Crippen LogP contribution in [0.5, 0.6) is 0 Å². The predicted octanol–water partition coefficient (Wildman–Crippen LogP) is 1.16. The van der Waals surface area contributed by atoms with Gasteiger partial charge in [0.05, 0.1) is 5.84 Å². The molecular formula is C11H21N3O. The first kappa shape index (κ1) is 12.0. The highest BCUT2D eigenvalue weighted by molar-refractivity contribution is 5.81. The highest BCUT2D eigenvalue weighted by Gasteiger charge is 2.16. The smallest absolute Gasteiger partial charge is 0.224 e. The summed E-state index contributed by atoms with van der Waals surface area (Å²) in [5, 5.41) is 0. The van der Waals surface area contributed by atoms with Crippen molar-refractivity contribution in [2.45, 2.75) is 39.0 Å². The molecule has 0 radical (unpaired) electrons. The fourth-order valence-corrected chi connectivity index (χ4v) is 1.75. The van der Waals surface area contributed by atoms with Crippen molar-refractivity contribution in [1.29, 1.82) is 0 Å². The van der Waals surface area contributed by atoms with Crippen LogP contribution in [0.3, 0.4) is 0 Å². The number of carbonyl (C=O) groups excluding carboxylic acids is 1. The number of hydrogen-bond acceptors (Lipinski definition) is 2. The molecule has 0 aromatic carbocycles. The maximum absolute atomic E-state index is 11.6. The van der Waals surface area contributed by atoms with E-state index in [0.29, 0.717) is 18.8 Å². The second kappa shape index (κ2) is 6.43. The lowest BCUT2D eigenvalue weighted by Gasteiger charge is -2.14. The van der Waals surface area contributed by atoms with Crippen LogP contribution in [-0.2, 0) is 4.79 Å². The Morgan fingerprint density at radius 3 is 2.60 bits per heavy atom. The Hall–Kier alpha value is -1.06. The van der Waals surface area contributed by atoms with Crippen LogP contribution < -0.4 is 5.73 Å². The van der Waals surface area contributed by atoms with Crippen molar-refractivity contribution >= 4 is 11.7 Å². The summed E-state index contributed by atoms with van der Waals surface area (Å²) in [5.41, 5.74) is 5.65. The van der Waals surface area contributed by atoms with E-state index in [-0.39, 0.29) is 5.91 Å². The lowest BCUT2D eigenvalue weighted by molar-refractivity contribution is -0.129. The SMILES string of the molecule is CCCC(N)=NCCC(=O)N1CCCC1.